The molecule has 4 rings (SSSR count). The maximum absolute atomic E-state index is 12.6. The largest absolute Gasteiger partial charge is 0.435 e. The molecule has 3 N–H and O–H groups in total. The van der Waals surface area contributed by atoms with Gasteiger partial charge in [0, 0.05) is 19.1 Å². The number of carbonyl (C=O) groups is 1. The van der Waals surface area contributed by atoms with Gasteiger partial charge in [0.15, 0.2) is 11.5 Å². The van der Waals surface area contributed by atoms with E-state index in [4.69, 9.17) is 0 Å². The molecule has 0 radical (unpaired) electrons. The van der Waals surface area contributed by atoms with Gasteiger partial charge in [0.1, 0.15) is 17.5 Å². The average Bonchev–Trinajstić information content (AvgIpc) is 2.67. The van der Waals surface area contributed by atoms with Crippen molar-refractivity contribution in [3.63, 3.8) is 0 Å². The van der Waals surface area contributed by atoms with Crippen molar-refractivity contribution < 1.29 is 18.0 Å². The number of aryl methyl sites for hydroxylation is 1. The van der Waals surface area contributed by atoms with Crippen molar-refractivity contribution in [3.8, 4) is 0 Å². The number of carbonyl (C=O) groups excluding carboxylic acids is 1. The highest BCUT2D eigenvalue weighted by atomic mass is 19.4. The first-order valence-electron chi connectivity index (χ1n) is 10.4. The Morgan fingerprint density at radius 3 is 2.41 bits per heavy atom. The van der Waals surface area contributed by atoms with E-state index in [-0.39, 0.29) is 30.0 Å². The van der Waals surface area contributed by atoms with Gasteiger partial charge >= 0.3 is 6.18 Å². The Morgan fingerprint density at radius 1 is 1.12 bits per heavy atom. The van der Waals surface area contributed by atoms with Crippen molar-refractivity contribution in [2.75, 3.05) is 27.9 Å². The lowest BCUT2D eigenvalue weighted by Crippen LogP contribution is -2.50. The number of halogens is 3. The lowest BCUT2D eigenvalue weighted by Gasteiger charge is -2.38. The van der Waals surface area contributed by atoms with Crippen LogP contribution in [-0.4, -0.2) is 51.2 Å². The second kappa shape index (κ2) is 8.06. The van der Waals surface area contributed by atoms with E-state index in [2.05, 4.69) is 36.1 Å². The molecule has 12 heteroatoms. The molecular weight excluding hydrogens is 425 g/mol. The van der Waals surface area contributed by atoms with Crippen molar-refractivity contribution in [2.45, 2.75) is 57.9 Å². The smallest absolute Gasteiger partial charge is 0.366 e. The highest BCUT2D eigenvalue weighted by Gasteiger charge is 2.36. The van der Waals surface area contributed by atoms with Gasteiger partial charge in [-0.25, -0.2) is 4.98 Å². The van der Waals surface area contributed by atoms with Gasteiger partial charge in [0.2, 0.25) is 11.9 Å². The van der Waals surface area contributed by atoms with E-state index in [1.54, 1.807) is 0 Å². The van der Waals surface area contributed by atoms with Crippen molar-refractivity contribution in [1.82, 2.24) is 20.2 Å². The molecule has 0 aromatic carbocycles. The number of aromatic nitrogens is 4. The molecule has 1 unspecified atom stereocenters. The first kappa shape index (κ1) is 22.0. The fraction of sp³-hybridized carbons (Fsp3) is 0.550. The van der Waals surface area contributed by atoms with Gasteiger partial charge in [0.25, 0.3) is 0 Å². The molecule has 1 aliphatic heterocycles. The van der Waals surface area contributed by atoms with E-state index in [9.17, 15) is 18.0 Å². The Balaban J connectivity index is 1.37. The van der Waals surface area contributed by atoms with Crippen molar-refractivity contribution in [3.05, 3.63) is 23.5 Å². The van der Waals surface area contributed by atoms with Crippen LogP contribution in [0.5, 0.6) is 0 Å². The third-order valence-electron chi connectivity index (χ3n) is 5.75. The lowest BCUT2D eigenvalue weighted by molar-refractivity contribution is -0.141. The summed E-state index contributed by atoms with van der Waals surface area (Å²) in [6.45, 7) is 5.80. The summed E-state index contributed by atoms with van der Waals surface area (Å²) in [5, 5.41) is 16.1. The lowest BCUT2D eigenvalue weighted by atomic mass is 9.87. The van der Waals surface area contributed by atoms with Crippen LogP contribution in [0.1, 0.15) is 38.1 Å². The first-order chi connectivity index (χ1) is 15.0. The van der Waals surface area contributed by atoms with E-state index >= 15 is 0 Å². The standard InChI is InChI=1S/C20H25F3N8O/c1-9(2)16-18(32)27-15-10(3)24-19(28-17(15)31(16)4)26-12-7-11(8-12)25-14-6-5-13(29-30-14)20(21,22)23/h5-6,9,11-12,16H,7-8H2,1-4H3,(H,25,30)(H,27,32)(H,24,26,28)/t11-,12+,16?. The fourth-order valence-electron chi connectivity index (χ4n) is 4.08. The minimum Gasteiger partial charge on any atom is -0.366 e. The number of nitrogens with zero attached hydrogens (tertiary/aromatic N) is 5. The van der Waals surface area contributed by atoms with E-state index in [0.29, 0.717) is 29.0 Å². The third kappa shape index (κ3) is 4.26. The molecule has 1 atom stereocenters. The van der Waals surface area contributed by atoms with Crippen molar-refractivity contribution in [2.24, 2.45) is 5.92 Å². The number of likely N-dealkylation sites (N-methyl/N-ethyl adjacent to an activating group) is 1. The number of amides is 1. The van der Waals surface area contributed by atoms with Crippen LogP contribution in [0.25, 0.3) is 0 Å². The molecule has 32 heavy (non-hydrogen) atoms. The maximum atomic E-state index is 12.6. The Labute approximate surface area is 183 Å². The quantitative estimate of drug-likeness (QED) is 0.638. The van der Waals surface area contributed by atoms with Crippen molar-refractivity contribution >= 4 is 29.2 Å². The van der Waals surface area contributed by atoms with E-state index < -0.39 is 11.9 Å². The molecule has 2 aromatic heterocycles. The molecule has 1 aliphatic carbocycles. The Morgan fingerprint density at radius 2 is 1.81 bits per heavy atom. The monoisotopic (exact) mass is 450 g/mol. The van der Waals surface area contributed by atoms with Gasteiger partial charge in [-0.1, -0.05) is 13.8 Å². The predicted octanol–water partition coefficient (Wildman–Crippen LogP) is 3.06. The maximum Gasteiger partial charge on any atom is 0.435 e. The van der Waals surface area contributed by atoms with Crippen LogP contribution in [0.3, 0.4) is 0 Å². The van der Waals surface area contributed by atoms with Crippen LogP contribution in [0, 0.1) is 12.8 Å². The molecule has 0 spiro atoms. The molecule has 2 aromatic rings. The first-order valence-corrected chi connectivity index (χ1v) is 10.4. The Kier molecular flexibility index (Phi) is 5.55. The molecular formula is C20H25F3N8O. The summed E-state index contributed by atoms with van der Waals surface area (Å²) in [5.41, 5.74) is 0.278. The van der Waals surface area contributed by atoms with Gasteiger partial charge in [0.05, 0.1) is 5.69 Å². The molecule has 0 saturated heterocycles. The number of nitrogens with one attached hydrogen (secondary N) is 3. The summed E-state index contributed by atoms with van der Waals surface area (Å²) < 4.78 is 37.8. The van der Waals surface area contributed by atoms with Gasteiger partial charge in [-0.3, -0.25) is 4.79 Å². The van der Waals surface area contributed by atoms with Gasteiger partial charge in [-0.05, 0) is 37.8 Å². The zero-order chi connectivity index (χ0) is 23.2. The topological polar surface area (TPSA) is 108 Å². The molecule has 172 valence electrons. The highest BCUT2D eigenvalue weighted by molar-refractivity contribution is 6.03. The highest BCUT2D eigenvalue weighted by Crippen LogP contribution is 2.35. The van der Waals surface area contributed by atoms with Crippen LogP contribution < -0.4 is 20.9 Å². The van der Waals surface area contributed by atoms with Crippen LogP contribution in [0.4, 0.5) is 36.4 Å². The molecule has 0 bridgehead atoms. The van der Waals surface area contributed by atoms with Gasteiger partial charge < -0.3 is 20.9 Å². The third-order valence-corrected chi connectivity index (χ3v) is 5.75. The van der Waals surface area contributed by atoms with Crippen LogP contribution in [-0.2, 0) is 11.0 Å². The number of alkyl halides is 3. The Hall–Kier alpha value is -3.18. The second-order valence-electron chi connectivity index (χ2n) is 8.58. The minimum absolute atomic E-state index is 0.0598. The normalized spacial score (nSPS) is 22.8. The van der Waals surface area contributed by atoms with E-state index in [0.717, 1.165) is 18.9 Å². The van der Waals surface area contributed by atoms with Crippen LogP contribution in [0.15, 0.2) is 12.1 Å². The predicted molar refractivity (Wildman–Crippen MR) is 114 cm³/mol. The molecule has 9 nitrogen and oxygen atoms in total. The van der Waals surface area contributed by atoms with Gasteiger partial charge in [-0.2, -0.15) is 18.2 Å². The summed E-state index contributed by atoms with van der Waals surface area (Å²) in [7, 11) is 1.85. The second-order valence-corrected chi connectivity index (χ2v) is 8.58. The van der Waals surface area contributed by atoms with E-state index in [1.165, 1.54) is 6.07 Å². The van der Waals surface area contributed by atoms with E-state index in [1.807, 2.05) is 32.7 Å². The molecule has 3 heterocycles. The van der Waals surface area contributed by atoms with Gasteiger partial charge in [-0.15, -0.1) is 10.2 Å². The zero-order valence-corrected chi connectivity index (χ0v) is 18.2. The van der Waals surface area contributed by atoms with Crippen LogP contribution in [0.2, 0.25) is 0 Å². The summed E-state index contributed by atoms with van der Waals surface area (Å²) in [6.07, 6.45) is -3.05. The number of rotatable bonds is 5. The molecule has 1 amide bonds. The summed E-state index contributed by atoms with van der Waals surface area (Å²) in [6, 6.07) is 2.04. The summed E-state index contributed by atoms with van der Waals surface area (Å²) in [5.74, 6) is 1.50. The zero-order valence-electron chi connectivity index (χ0n) is 18.2. The number of anilines is 4. The Bertz CT molecular complexity index is 1010. The SMILES string of the molecule is Cc1nc(N[C@H]2C[C@@H](Nc3ccc(C(F)(F)F)nn3)C2)nc2c1NC(=O)C(C(C)C)N2C. The molecule has 1 saturated carbocycles. The number of fused-ring (bicyclic) bond motifs is 1. The average molecular weight is 450 g/mol. The number of hydrogen-bond acceptors (Lipinski definition) is 8. The fourth-order valence-corrected chi connectivity index (χ4v) is 4.08. The molecule has 1 fully saturated rings. The van der Waals surface area contributed by atoms with Crippen LogP contribution >= 0.6 is 0 Å². The van der Waals surface area contributed by atoms with Crippen molar-refractivity contribution in [1.29, 1.82) is 0 Å². The number of hydrogen-bond donors (Lipinski definition) is 3. The summed E-state index contributed by atoms with van der Waals surface area (Å²) >= 11 is 0. The minimum atomic E-state index is -4.50. The summed E-state index contributed by atoms with van der Waals surface area (Å²) in [4.78, 5) is 23.4. The molecule has 2 aliphatic rings.